The number of pyridine rings is 2. The number of aromatic nitrogens is 3. The van der Waals surface area contributed by atoms with Crippen LogP contribution in [0.4, 0.5) is 34.1 Å². The number of hydrogen-bond acceptors (Lipinski definition) is 4. The van der Waals surface area contributed by atoms with Gasteiger partial charge in [-0.2, -0.15) is 0 Å². The average molecular weight is 1210 g/mol. The lowest BCUT2D eigenvalue weighted by molar-refractivity contribution is 1.16. The summed E-state index contributed by atoms with van der Waals surface area (Å²) in [7, 11) is 0. The molecule has 438 valence electrons. The molecule has 0 spiro atoms. The highest BCUT2D eigenvalue weighted by Crippen LogP contribution is 2.54. The third-order valence-electron chi connectivity index (χ3n) is 18.5. The number of rotatable bonds is 11. The van der Waals surface area contributed by atoms with Crippen molar-refractivity contribution in [2.45, 2.75) is 0 Å². The smallest absolute Gasteiger partial charge is 0.252 e. The van der Waals surface area contributed by atoms with Gasteiger partial charge in [0.2, 0.25) is 0 Å². The van der Waals surface area contributed by atoms with Crippen LogP contribution in [0.15, 0.2) is 352 Å². The van der Waals surface area contributed by atoms with E-state index >= 15 is 0 Å². The van der Waals surface area contributed by atoms with Crippen LogP contribution in [-0.2, 0) is 0 Å². The molecule has 0 saturated carbocycles. The van der Waals surface area contributed by atoms with Gasteiger partial charge in [-0.05, 0) is 132 Å². The molecule has 18 rings (SSSR count). The van der Waals surface area contributed by atoms with Crippen LogP contribution in [0.5, 0.6) is 0 Å². The molecule has 94 heavy (non-hydrogen) atoms. The fourth-order valence-electron chi connectivity index (χ4n) is 14.3. The van der Waals surface area contributed by atoms with Crippen LogP contribution in [-0.4, -0.2) is 21.2 Å². The summed E-state index contributed by atoms with van der Waals surface area (Å²) in [5.41, 5.74) is 21.0. The largest absolute Gasteiger partial charge is 0.310 e. The van der Waals surface area contributed by atoms with Crippen molar-refractivity contribution >= 4 is 79.0 Å². The summed E-state index contributed by atoms with van der Waals surface area (Å²) < 4.78 is 94.4. The van der Waals surface area contributed by atoms with Gasteiger partial charge in [-0.25, -0.2) is 0 Å². The SMILES string of the molecule is [2H]c1c([2H])c([2H])c(-c2ccc3c(c2)N(c2c(-c4ccccc4)cncc2-c2ccccc2)c2cc(-n4c5ccc(-c6ccccc6)cc5c5cc(-c6ccccc6)ccc54)cc4c2B3c2ccc(-c3c([2H])c([2H])c([2H])c([2H])c3[2H])cc2N4c2c(-c3ccccc3)cncc2-c2ccccc2)c([2H])c1[2H]. The van der Waals surface area contributed by atoms with Crippen LogP contribution in [0, 0.1) is 0 Å². The van der Waals surface area contributed by atoms with Gasteiger partial charge in [-0.1, -0.05) is 279 Å². The van der Waals surface area contributed by atoms with E-state index in [4.69, 9.17) is 18.2 Å². The highest BCUT2D eigenvalue weighted by atomic mass is 15.2. The Morgan fingerprint density at radius 1 is 0.277 bits per heavy atom. The van der Waals surface area contributed by atoms with Gasteiger partial charge in [0.15, 0.2) is 0 Å². The molecule has 0 atom stereocenters. The molecule has 0 N–H and O–H groups in total. The minimum absolute atomic E-state index is 0.0355. The van der Waals surface area contributed by atoms with E-state index < -0.39 is 43.0 Å². The summed E-state index contributed by atoms with van der Waals surface area (Å²) >= 11 is 0. The lowest BCUT2D eigenvalue weighted by atomic mass is 9.33. The predicted molar refractivity (Wildman–Crippen MR) is 394 cm³/mol. The van der Waals surface area contributed by atoms with Crippen LogP contribution in [0.2, 0.25) is 0 Å². The first kappa shape index (κ1) is 45.0. The van der Waals surface area contributed by atoms with Gasteiger partial charge in [0.1, 0.15) is 0 Å². The summed E-state index contributed by atoms with van der Waals surface area (Å²) in [5, 5.41) is 2.02. The maximum atomic E-state index is 9.57. The average Bonchev–Trinajstić information content (AvgIpc) is 0.820. The Morgan fingerprint density at radius 3 is 0.947 bits per heavy atom. The van der Waals surface area contributed by atoms with E-state index in [0.717, 1.165) is 133 Å². The molecular formula is C88H58BN5. The highest BCUT2D eigenvalue weighted by Gasteiger charge is 2.46. The van der Waals surface area contributed by atoms with Gasteiger partial charge >= 0.3 is 0 Å². The maximum Gasteiger partial charge on any atom is 0.252 e. The lowest BCUT2D eigenvalue weighted by Gasteiger charge is -2.46. The van der Waals surface area contributed by atoms with Crippen LogP contribution < -0.4 is 26.2 Å². The second kappa shape index (κ2) is 22.8. The van der Waals surface area contributed by atoms with E-state index in [1.165, 1.54) is 0 Å². The first-order valence-corrected chi connectivity index (χ1v) is 31.4. The first-order valence-electron chi connectivity index (χ1n) is 36.4. The summed E-state index contributed by atoms with van der Waals surface area (Å²) in [6.45, 7) is -0.667. The summed E-state index contributed by atoms with van der Waals surface area (Å²) in [6, 6.07) is 86.8. The molecule has 13 aromatic carbocycles. The molecule has 5 heterocycles. The van der Waals surface area contributed by atoms with Gasteiger partial charge < -0.3 is 14.4 Å². The zero-order valence-corrected chi connectivity index (χ0v) is 50.5. The zero-order chi connectivity index (χ0) is 70.8. The lowest BCUT2D eigenvalue weighted by Crippen LogP contribution is -2.61. The summed E-state index contributed by atoms with van der Waals surface area (Å²) in [5.74, 6) is 0. The number of benzene rings is 13. The molecule has 0 bridgehead atoms. The Hall–Kier alpha value is -12.4. The molecule has 0 unspecified atom stereocenters. The van der Waals surface area contributed by atoms with Crippen LogP contribution in [0.3, 0.4) is 0 Å². The summed E-state index contributed by atoms with van der Waals surface area (Å²) in [4.78, 5) is 14.8. The van der Waals surface area contributed by atoms with E-state index in [0.29, 0.717) is 22.5 Å². The third-order valence-corrected chi connectivity index (χ3v) is 18.5. The van der Waals surface area contributed by atoms with Crippen molar-refractivity contribution in [3.05, 3.63) is 352 Å². The molecule has 0 amide bonds. The Kier molecular flexibility index (Phi) is 10.9. The van der Waals surface area contributed by atoms with E-state index in [1.54, 1.807) is 0 Å². The Morgan fingerprint density at radius 2 is 0.596 bits per heavy atom. The normalized spacial score (nSPS) is 13.7. The predicted octanol–water partition coefficient (Wildman–Crippen LogP) is 21.0. The number of anilines is 6. The fourth-order valence-corrected chi connectivity index (χ4v) is 14.3. The minimum atomic E-state index is -0.667. The first-order chi connectivity index (χ1) is 50.8. The second-order valence-electron chi connectivity index (χ2n) is 23.7. The van der Waals surface area contributed by atoms with Gasteiger partial charge in [-0.3, -0.25) is 9.97 Å². The molecule has 5 nitrogen and oxygen atoms in total. The topological polar surface area (TPSA) is 37.2 Å². The van der Waals surface area contributed by atoms with Gasteiger partial charge in [0.05, 0.1) is 41.8 Å². The van der Waals surface area contributed by atoms with E-state index in [1.807, 2.05) is 146 Å². The second-order valence-corrected chi connectivity index (χ2v) is 23.7. The van der Waals surface area contributed by atoms with Crippen LogP contribution in [0.1, 0.15) is 13.7 Å². The molecule has 0 aliphatic carbocycles. The van der Waals surface area contributed by atoms with E-state index in [-0.39, 0.29) is 35.3 Å². The molecule has 0 saturated heterocycles. The van der Waals surface area contributed by atoms with Crippen LogP contribution >= 0.6 is 0 Å². The quantitative estimate of drug-likeness (QED) is 0.121. The third kappa shape index (κ3) is 9.17. The molecule has 3 aromatic heterocycles. The molecule has 0 radical (unpaired) electrons. The van der Waals surface area contributed by atoms with Gasteiger partial charge in [0, 0.05) is 80.6 Å². The maximum absolute atomic E-state index is 9.57. The Labute approximate surface area is 561 Å². The highest BCUT2D eigenvalue weighted by molar-refractivity contribution is 7.00. The number of fused-ring (bicyclic) bond motifs is 7. The van der Waals surface area contributed by atoms with Gasteiger partial charge in [0.25, 0.3) is 6.71 Å². The van der Waals surface area contributed by atoms with Crippen molar-refractivity contribution in [3.8, 4) is 94.7 Å². The number of nitrogens with zero attached hydrogens (tertiary/aromatic N) is 5. The zero-order valence-electron chi connectivity index (χ0n) is 60.5. The molecule has 16 aromatic rings. The van der Waals surface area contributed by atoms with Crippen molar-refractivity contribution in [1.29, 1.82) is 0 Å². The fraction of sp³-hybridized carbons (Fsp3) is 0. The standard InChI is InChI=1S/C88H58BN5/c1-9-25-59(26-10-1)67-43-47-80-72(49-67)73-50-68(60-27-11-2-12-28-60)44-48-81(73)92(80)71-53-84-86-85(54-71)94(88-76(65-37-21-7-22-38-65)57-91-58-77(88)66-39-23-8-24-40-66)83-52-70(62-31-15-4-16-32-62)42-46-79(83)89(86)78-45-41-69(61-29-13-3-14-30-61)51-82(78)93(84)87-74(63-33-17-5-18-34-63)55-90-56-75(87)64-35-19-6-20-36-64/h1-58H/i3D,4D,13D,14D,15D,16D,29D,30D,31D,32D. The van der Waals surface area contributed by atoms with Crippen molar-refractivity contribution in [1.82, 2.24) is 14.5 Å². The molecular weight excluding hydrogens is 1140 g/mol. The Bertz CT molecular complexity index is 5640. The molecule has 2 aliphatic rings. The van der Waals surface area contributed by atoms with E-state index in [2.05, 4.69) is 160 Å². The minimum Gasteiger partial charge on any atom is -0.310 e. The van der Waals surface area contributed by atoms with E-state index in [9.17, 15) is 5.48 Å². The van der Waals surface area contributed by atoms with Crippen molar-refractivity contribution in [2.24, 2.45) is 0 Å². The van der Waals surface area contributed by atoms with Crippen molar-refractivity contribution in [3.63, 3.8) is 0 Å². The monoisotopic (exact) mass is 1210 g/mol. The van der Waals surface area contributed by atoms with Crippen LogP contribution in [0.25, 0.3) is 117 Å². The summed E-state index contributed by atoms with van der Waals surface area (Å²) in [6.07, 6.45) is 7.60. The molecule has 0 fully saturated rings. The van der Waals surface area contributed by atoms with Gasteiger partial charge in [-0.15, -0.1) is 0 Å². The Balaban J connectivity index is 1.06. The number of hydrogen-bond donors (Lipinski definition) is 0. The molecule has 6 heteroatoms. The van der Waals surface area contributed by atoms with Crippen molar-refractivity contribution < 1.29 is 13.7 Å². The van der Waals surface area contributed by atoms with Crippen molar-refractivity contribution in [2.75, 3.05) is 9.80 Å². The molecule has 2 aliphatic heterocycles.